The van der Waals surface area contributed by atoms with E-state index in [9.17, 15) is 4.79 Å². The van der Waals surface area contributed by atoms with Crippen LogP contribution in [0.2, 0.25) is 5.02 Å². The average Bonchev–Trinajstić information content (AvgIpc) is 3.01. The van der Waals surface area contributed by atoms with Crippen molar-refractivity contribution in [3.05, 3.63) is 69.7 Å². The minimum Gasteiger partial charge on any atom is -0.497 e. The minimum atomic E-state index is -0.139. The predicted molar refractivity (Wildman–Crippen MR) is 101 cm³/mol. The highest BCUT2D eigenvalue weighted by Gasteiger charge is 2.12. The highest BCUT2D eigenvalue weighted by atomic mass is 35.5. The number of thiazole rings is 1. The molecule has 1 heterocycles. The molecule has 0 aliphatic heterocycles. The number of benzene rings is 2. The second kappa shape index (κ2) is 7.68. The minimum absolute atomic E-state index is 0.139. The van der Waals surface area contributed by atoms with Gasteiger partial charge in [-0.1, -0.05) is 29.8 Å². The number of methoxy groups -OCH3 is 1. The average molecular weight is 373 g/mol. The van der Waals surface area contributed by atoms with E-state index < -0.39 is 0 Å². The van der Waals surface area contributed by atoms with E-state index >= 15 is 0 Å². The number of halogens is 1. The van der Waals surface area contributed by atoms with E-state index in [4.69, 9.17) is 16.3 Å². The van der Waals surface area contributed by atoms with Crippen molar-refractivity contribution in [2.75, 3.05) is 7.11 Å². The maximum absolute atomic E-state index is 12.3. The Morgan fingerprint density at radius 2 is 2.00 bits per heavy atom. The van der Waals surface area contributed by atoms with Crippen LogP contribution in [-0.2, 0) is 6.54 Å². The lowest BCUT2D eigenvalue weighted by atomic mass is 10.2. The van der Waals surface area contributed by atoms with Gasteiger partial charge >= 0.3 is 0 Å². The van der Waals surface area contributed by atoms with Gasteiger partial charge in [-0.2, -0.15) is 0 Å². The molecule has 4 nitrogen and oxygen atoms in total. The summed E-state index contributed by atoms with van der Waals surface area (Å²) in [6, 6.07) is 14.7. The van der Waals surface area contributed by atoms with Gasteiger partial charge < -0.3 is 10.1 Å². The molecule has 0 aliphatic rings. The number of aromatic nitrogens is 1. The third-order valence-electron chi connectivity index (χ3n) is 3.73. The van der Waals surface area contributed by atoms with Gasteiger partial charge in [0.1, 0.15) is 10.8 Å². The van der Waals surface area contributed by atoms with Gasteiger partial charge in [0.05, 0.1) is 19.3 Å². The van der Waals surface area contributed by atoms with Crippen molar-refractivity contribution < 1.29 is 9.53 Å². The summed E-state index contributed by atoms with van der Waals surface area (Å²) in [5.41, 5.74) is 2.50. The van der Waals surface area contributed by atoms with Crippen molar-refractivity contribution in [3.8, 4) is 16.3 Å². The molecule has 128 valence electrons. The first-order chi connectivity index (χ1) is 12.1. The van der Waals surface area contributed by atoms with Crippen LogP contribution in [0.4, 0.5) is 0 Å². The van der Waals surface area contributed by atoms with Gasteiger partial charge in [0.15, 0.2) is 0 Å². The van der Waals surface area contributed by atoms with Crippen LogP contribution in [0.25, 0.3) is 10.6 Å². The van der Waals surface area contributed by atoms with Crippen LogP contribution in [0.1, 0.15) is 20.9 Å². The molecule has 1 aromatic heterocycles. The predicted octanol–water partition coefficient (Wildman–Crippen LogP) is 4.71. The van der Waals surface area contributed by atoms with Crippen LogP contribution in [0.3, 0.4) is 0 Å². The zero-order chi connectivity index (χ0) is 17.8. The second-order valence-electron chi connectivity index (χ2n) is 5.45. The number of amides is 1. The Labute approximate surface area is 155 Å². The number of carbonyl (C=O) groups is 1. The normalized spacial score (nSPS) is 10.5. The van der Waals surface area contributed by atoms with Gasteiger partial charge in [-0.25, -0.2) is 4.98 Å². The highest BCUT2D eigenvalue weighted by molar-refractivity contribution is 7.15. The van der Waals surface area contributed by atoms with E-state index in [-0.39, 0.29) is 5.91 Å². The quantitative estimate of drug-likeness (QED) is 0.705. The first kappa shape index (κ1) is 17.5. The monoisotopic (exact) mass is 372 g/mol. The van der Waals surface area contributed by atoms with Crippen LogP contribution >= 0.6 is 22.9 Å². The molecule has 0 bridgehead atoms. The van der Waals surface area contributed by atoms with Crippen LogP contribution in [0.5, 0.6) is 5.75 Å². The Morgan fingerprint density at radius 1 is 1.24 bits per heavy atom. The van der Waals surface area contributed by atoms with Gasteiger partial charge in [-0.05, 0) is 37.3 Å². The molecule has 25 heavy (non-hydrogen) atoms. The fraction of sp³-hybridized carbons (Fsp3) is 0.158. The van der Waals surface area contributed by atoms with Crippen molar-refractivity contribution in [2.24, 2.45) is 0 Å². The van der Waals surface area contributed by atoms with Crippen LogP contribution < -0.4 is 10.1 Å². The molecule has 3 rings (SSSR count). The first-order valence-electron chi connectivity index (χ1n) is 7.71. The van der Waals surface area contributed by atoms with E-state index in [1.807, 2.05) is 37.3 Å². The number of nitrogens with one attached hydrogen (secondary N) is 1. The summed E-state index contributed by atoms with van der Waals surface area (Å²) in [7, 11) is 1.58. The molecule has 1 N–H and O–H groups in total. The standard InChI is InChI=1S/C19H17ClN2O2S/c1-12-17(25-19(22-12)13-6-8-15(20)9-7-13)11-21-18(23)14-4-3-5-16(10-14)24-2/h3-10H,11H2,1-2H3,(H,21,23). The summed E-state index contributed by atoms with van der Waals surface area (Å²) in [4.78, 5) is 17.9. The van der Waals surface area contributed by atoms with Crippen molar-refractivity contribution in [3.63, 3.8) is 0 Å². The number of carbonyl (C=O) groups excluding carboxylic acids is 1. The number of hydrogen-bond acceptors (Lipinski definition) is 4. The van der Waals surface area contributed by atoms with E-state index in [0.717, 1.165) is 21.1 Å². The molecule has 6 heteroatoms. The lowest BCUT2D eigenvalue weighted by Crippen LogP contribution is -2.22. The van der Waals surface area contributed by atoms with Crippen molar-refractivity contribution >= 4 is 28.8 Å². The maximum atomic E-state index is 12.3. The molecule has 0 saturated heterocycles. The van der Waals surface area contributed by atoms with Crippen LogP contribution in [-0.4, -0.2) is 18.0 Å². The van der Waals surface area contributed by atoms with Crippen molar-refractivity contribution in [2.45, 2.75) is 13.5 Å². The number of aryl methyl sites for hydroxylation is 1. The number of rotatable bonds is 5. The summed E-state index contributed by atoms with van der Waals surface area (Å²) in [5, 5.41) is 4.55. The molecule has 2 aromatic carbocycles. The summed E-state index contributed by atoms with van der Waals surface area (Å²) in [6.45, 7) is 2.39. The Morgan fingerprint density at radius 3 is 2.72 bits per heavy atom. The molecule has 0 radical (unpaired) electrons. The third-order valence-corrected chi connectivity index (χ3v) is 5.18. The molecule has 0 aliphatic carbocycles. The van der Waals surface area contributed by atoms with Crippen LogP contribution in [0, 0.1) is 6.92 Å². The Hall–Kier alpha value is -2.37. The molecule has 0 spiro atoms. The fourth-order valence-electron chi connectivity index (χ4n) is 2.33. The Bertz CT molecular complexity index is 891. The van der Waals surface area contributed by atoms with Gasteiger partial charge in [0, 0.05) is 21.0 Å². The van der Waals surface area contributed by atoms with Gasteiger partial charge in [-0.3, -0.25) is 4.79 Å². The van der Waals surface area contributed by atoms with Gasteiger partial charge in [0.2, 0.25) is 0 Å². The number of nitrogens with zero attached hydrogens (tertiary/aromatic N) is 1. The summed E-state index contributed by atoms with van der Waals surface area (Å²) in [5.74, 6) is 0.520. The van der Waals surface area contributed by atoms with Gasteiger partial charge in [-0.15, -0.1) is 11.3 Å². The zero-order valence-electron chi connectivity index (χ0n) is 13.9. The molecule has 3 aromatic rings. The largest absolute Gasteiger partial charge is 0.497 e. The summed E-state index contributed by atoms with van der Waals surface area (Å²) >= 11 is 7.50. The molecule has 0 saturated carbocycles. The SMILES string of the molecule is COc1cccc(C(=O)NCc2sc(-c3ccc(Cl)cc3)nc2C)c1. The topological polar surface area (TPSA) is 51.2 Å². The van der Waals surface area contributed by atoms with Crippen molar-refractivity contribution in [1.82, 2.24) is 10.3 Å². The van der Waals surface area contributed by atoms with Crippen molar-refractivity contribution in [1.29, 1.82) is 0 Å². The second-order valence-corrected chi connectivity index (χ2v) is 6.97. The number of ether oxygens (including phenoxy) is 1. The first-order valence-corrected chi connectivity index (χ1v) is 8.91. The molecule has 0 fully saturated rings. The molecule has 0 unspecified atom stereocenters. The lowest BCUT2D eigenvalue weighted by Gasteiger charge is -2.06. The van der Waals surface area contributed by atoms with E-state index in [1.54, 1.807) is 36.6 Å². The Kier molecular flexibility index (Phi) is 5.36. The molecular weight excluding hydrogens is 356 g/mol. The Balaban J connectivity index is 1.71. The highest BCUT2D eigenvalue weighted by Crippen LogP contribution is 2.28. The van der Waals surface area contributed by atoms with E-state index in [0.29, 0.717) is 22.9 Å². The molecule has 0 atom stereocenters. The fourth-order valence-corrected chi connectivity index (χ4v) is 3.47. The van der Waals surface area contributed by atoms with Crippen LogP contribution in [0.15, 0.2) is 48.5 Å². The maximum Gasteiger partial charge on any atom is 0.251 e. The lowest BCUT2D eigenvalue weighted by molar-refractivity contribution is 0.0951. The van der Waals surface area contributed by atoms with E-state index in [2.05, 4.69) is 10.3 Å². The van der Waals surface area contributed by atoms with Gasteiger partial charge in [0.25, 0.3) is 5.91 Å². The molecular formula is C19H17ClN2O2S. The summed E-state index contributed by atoms with van der Waals surface area (Å²) < 4.78 is 5.15. The molecule has 1 amide bonds. The van der Waals surface area contributed by atoms with E-state index in [1.165, 1.54) is 0 Å². The summed E-state index contributed by atoms with van der Waals surface area (Å²) in [6.07, 6.45) is 0. The zero-order valence-corrected chi connectivity index (χ0v) is 15.4. The smallest absolute Gasteiger partial charge is 0.251 e. The number of hydrogen-bond donors (Lipinski definition) is 1. The third kappa shape index (κ3) is 4.18.